The Morgan fingerprint density at radius 3 is 2.69 bits per heavy atom. The first kappa shape index (κ1) is 22.4. The minimum Gasteiger partial charge on any atom is -0.497 e. The van der Waals surface area contributed by atoms with E-state index in [1.165, 1.54) is 35.6 Å². The van der Waals surface area contributed by atoms with Crippen molar-refractivity contribution in [1.29, 1.82) is 0 Å². The Hall–Kier alpha value is -2.75. The van der Waals surface area contributed by atoms with E-state index in [2.05, 4.69) is 9.88 Å². The summed E-state index contributed by atoms with van der Waals surface area (Å²) in [5.41, 5.74) is 0.816. The molecule has 0 unspecified atom stereocenters. The highest BCUT2D eigenvalue weighted by molar-refractivity contribution is 7.22. The Balaban J connectivity index is 1.47. The van der Waals surface area contributed by atoms with Gasteiger partial charge >= 0.3 is 0 Å². The van der Waals surface area contributed by atoms with Gasteiger partial charge in [0.15, 0.2) is 11.7 Å². The second-order valence-corrected chi connectivity index (χ2v) is 8.43. The second-order valence-electron chi connectivity index (χ2n) is 7.43. The summed E-state index contributed by atoms with van der Waals surface area (Å²) in [5, 5.41) is 0.628. The van der Waals surface area contributed by atoms with Crippen molar-refractivity contribution < 1.29 is 23.4 Å². The van der Waals surface area contributed by atoms with Crippen molar-refractivity contribution in [2.45, 2.75) is 6.42 Å². The van der Waals surface area contributed by atoms with Crippen LogP contribution in [0.2, 0.25) is 0 Å². The Morgan fingerprint density at radius 2 is 1.94 bits per heavy atom. The van der Waals surface area contributed by atoms with Gasteiger partial charge in [0.05, 0.1) is 30.5 Å². The van der Waals surface area contributed by atoms with Gasteiger partial charge in [-0.15, -0.1) is 0 Å². The SMILES string of the molecule is COc1ccc2nc(N(CCCN3CCOCC3)C(=O)COc3ccc(F)cc3)sc2c1. The third-order valence-corrected chi connectivity index (χ3v) is 6.29. The Kier molecular flexibility index (Phi) is 7.51. The molecule has 0 N–H and O–H groups in total. The molecule has 1 amide bonds. The number of fused-ring (bicyclic) bond motifs is 1. The molecule has 0 atom stereocenters. The zero-order valence-corrected chi connectivity index (χ0v) is 18.8. The third-order valence-electron chi connectivity index (χ3n) is 5.25. The summed E-state index contributed by atoms with van der Waals surface area (Å²) in [6.07, 6.45) is 0.807. The van der Waals surface area contributed by atoms with Gasteiger partial charge < -0.3 is 14.2 Å². The summed E-state index contributed by atoms with van der Waals surface area (Å²) in [5.74, 6) is 0.653. The van der Waals surface area contributed by atoms with Crippen molar-refractivity contribution in [3.05, 3.63) is 48.3 Å². The van der Waals surface area contributed by atoms with Crippen LogP contribution in [-0.2, 0) is 9.53 Å². The monoisotopic (exact) mass is 459 g/mol. The van der Waals surface area contributed by atoms with Crippen LogP contribution in [0.25, 0.3) is 10.2 Å². The Morgan fingerprint density at radius 1 is 1.19 bits per heavy atom. The average Bonchev–Trinajstić information content (AvgIpc) is 3.24. The van der Waals surface area contributed by atoms with E-state index in [4.69, 9.17) is 14.2 Å². The number of nitrogens with zero attached hydrogens (tertiary/aromatic N) is 3. The molecule has 0 aliphatic carbocycles. The maximum atomic E-state index is 13.1. The number of amides is 1. The maximum absolute atomic E-state index is 13.1. The minimum atomic E-state index is -0.349. The molecule has 1 aliphatic rings. The van der Waals surface area contributed by atoms with Gasteiger partial charge in [-0.2, -0.15) is 0 Å². The number of hydrogen-bond acceptors (Lipinski definition) is 7. The van der Waals surface area contributed by atoms with Crippen molar-refractivity contribution >= 4 is 32.6 Å². The Bertz CT molecular complexity index is 1040. The number of anilines is 1. The fraction of sp³-hybridized carbons (Fsp3) is 0.391. The van der Waals surface area contributed by atoms with Crippen LogP contribution >= 0.6 is 11.3 Å². The molecule has 7 nitrogen and oxygen atoms in total. The summed E-state index contributed by atoms with van der Waals surface area (Å²) in [4.78, 5) is 21.8. The van der Waals surface area contributed by atoms with Gasteiger partial charge in [-0.05, 0) is 48.9 Å². The highest BCUT2D eigenvalue weighted by atomic mass is 32.1. The molecule has 0 bridgehead atoms. The number of methoxy groups -OCH3 is 1. The lowest BCUT2D eigenvalue weighted by Gasteiger charge is -2.27. The van der Waals surface area contributed by atoms with Gasteiger partial charge in [-0.3, -0.25) is 14.6 Å². The molecule has 4 rings (SSSR count). The van der Waals surface area contributed by atoms with Crippen LogP contribution in [0.15, 0.2) is 42.5 Å². The molecule has 0 spiro atoms. The average molecular weight is 460 g/mol. The largest absolute Gasteiger partial charge is 0.497 e. The van der Waals surface area contributed by atoms with Crippen molar-refractivity contribution in [2.75, 3.05) is 58.0 Å². The Labute approximate surface area is 190 Å². The van der Waals surface area contributed by atoms with Crippen LogP contribution < -0.4 is 14.4 Å². The second kappa shape index (κ2) is 10.7. The standard InChI is InChI=1S/C23H26FN3O4S/c1-29-19-7-8-20-21(15-19)32-23(25-20)27(10-2-9-26-11-13-30-14-12-26)22(28)16-31-18-5-3-17(24)4-6-18/h3-8,15H,2,9-14,16H2,1H3. The third kappa shape index (κ3) is 5.73. The van der Waals surface area contributed by atoms with Crippen LogP contribution in [0.3, 0.4) is 0 Å². The predicted octanol–water partition coefficient (Wildman–Crippen LogP) is 3.58. The summed E-state index contributed by atoms with van der Waals surface area (Å²) in [6, 6.07) is 11.3. The fourth-order valence-corrected chi connectivity index (χ4v) is 4.53. The van der Waals surface area contributed by atoms with Gasteiger partial charge in [0.1, 0.15) is 17.3 Å². The normalized spacial score (nSPS) is 14.4. The lowest BCUT2D eigenvalue weighted by atomic mass is 10.3. The molecule has 2 aromatic carbocycles. The number of carbonyl (C=O) groups excluding carboxylic acids is 1. The summed E-state index contributed by atoms with van der Waals surface area (Å²) in [7, 11) is 1.62. The quantitative estimate of drug-likeness (QED) is 0.488. The fourth-order valence-electron chi connectivity index (χ4n) is 3.49. The molecule has 1 aliphatic heterocycles. The van der Waals surface area contributed by atoms with Crippen LogP contribution in [0, 0.1) is 5.82 Å². The van der Waals surface area contributed by atoms with Crippen molar-refractivity contribution in [2.24, 2.45) is 0 Å². The van der Waals surface area contributed by atoms with Gasteiger partial charge in [0.2, 0.25) is 0 Å². The van der Waals surface area contributed by atoms with Crippen LogP contribution in [0.4, 0.5) is 9.52 Å². The first-order chi connectivity index (χ1) is 15.6. The molecule has 170 valence electrons. The van der Waals surface area contributed by atoms with E-state index in [0.717, 1.165) is 55.2 Å². The lowest BCUT2D eigenvalue weighted by Crippen LogP contribution is -2.40. The number of carbonyl (C=O) groups is 1. The molecule has 9 heteroatoms. The molecular weight excluding hydrogens is 433 g/mol. The number of aromatic nitrogens is 1. The zero-order valence-electron chi connectivity index (χ0n) is 18.0. The summed E-state index contributed by atoms with van der Waals surface area (Å²) < 4.78 is 30.4. The van der Waals surface area contributed by atoms with E-state index < -0.39 is 0 Å². The number of halogens is 1. The molecule has 2 heterocycles. The van der Waals surface area contributed by atoms with E-state index in [1.807, 2.05) is 18.2 Å². The van der Waals surface area contributed by atoms with Gasteiger partial charge in [0.25, 0.3) is 5.91 Å². The number of hydrogen-bond donors (Lipinski definition) is 0. The molecule has 32 heavy (non-hydrogen) atoms. The maximum Gasteiger partial charge on any atom is 0.266 e. The zero-order chi connectivity index (χ0) is 22.3. The lowest BCUT2D eigenvalue weighted by molar-refractivity contribution is -0.120. The number of benzene rings is 2. The highest BCUT2D eigenvalue weighted by Crippen LogP contribution is 2.31. The molecule has 3 aromatic rings. The number of rotatable bonds is 9. The first-order valence-corrected chi connectivity index (χ1v) is 11.4. The van der Waals surface area contributed by atoms with Crippen LogP contribution in [-0.4, -0.2) is 68.9 Å². The van der Waals surface area contributed by atoms with Crippen LogP contribution in [0.5, 0.6) is 11.5 Å². The molecule has 0 saturated carbocycles. The van der Waals surface area contributed by atoms with E-state index in [-0.39, 0.29) is 18.3 Å². The number of ether oxygens (including phenoxy) is 3. The number of thiazole rings is 1. The van der Waals surface area contributed by atoms with E-state index >= 15 is 0 Å². The highest BCUT2D eigenvalue weighted by Gasteiger charge is 2.21. The van der Waals surface area contributed by atoms with Crippen molar-refractivity contribution in [1.82, 2.24) is 9.88 Å². The van der Waals surface area contributed by atoms with Crippen molar-refractivity contribution in [3.63, 3.8) is 0 Å². The van der Waals surface area contributed by atoms with Crippen molar-refractivity contribution in [3.8, 4) is 11.5 Å². The molecule has 1 aromatic heterocycles. The molecule has 1 fully saturated rings. The first-order valence-electron chi connectivity index (χ1n) is 10.6. The van der Waals surface area contributed by atoms with E-state index in [0.29, 0.717) is 17.4 Å². The smallest absolute Gasteiger partial charge is 0.266 e. The molecule has 0 radical (unpaired) electrons. The number of morpholine rings is 1. The predicted molar refractivity (Wildman–Crippen MR) is 122 cm³/mol. The topological polar surface area (TPSA) is 64.1 Å². The minimum absolute atomic E-state index is 0.150. The molecule has 1 saturated heterocycles. The van der Waals surface area contributed by atoms with Crippen LogP contribution in [0.1, 0.15) is 6.42 Å². The summed E-state index contributed by atoms with van der Waals surface area (Å²) in [6.45, 7) is 4.56. The molecular formula is C23H26FN3O4S. The van der Waals surface area contributed by atoms with Gasteiger partial charge in [-0.25, -0.2) is 9.37 Å². The van der Waals surface area contributed by atoms with Gasteiger partial charge in [0, 0.05) is 26.2 Å². The van der Waals surface area contributed by atoms with Gasteiger partial charge in [-0.1, -0.05) is 11.3 Å². The van der Waals surface area contributed by atoms with E-state index in [9.17, 15) is 9.18 Å². The summed E-state index contributed by atoms with van der Waals surface area (Å²) >= 11 is 1.45. The van der Waals surface area contributed by atoms with E-state index in [1.54, 1.807) is 12.0 Å².